The maximum absolute atomic E-state index is 11.9. The zero-order chi connectivity index (χ0) is 15.9. The second-order valence-corrected chi connectivity index (χ2v) is 7.88. The van der Waals surface area contributed by atoms with Gasteiger partial charge in [-0.2, -0.15) is 0 Å². The molecule has 0 radical (unpaired) electrons. The molecule has 0 fully saturated rings. The first-order chi connectivity index (χ1) is 10.4. The first-order valence-electron chi connectivity index (χ1n) is 6.57. The van der Waals surface area contributed by atoms with Crippen molar-refractivity contribution < 1.29 is 8.42 Å². The third-order valence-electron chi connectivity index (χ3n) is 3.38. The van der Waals surface area contributed by atoms with Gasteiger partial charge in [0.1, 0.15) is 5.65 Å². The lowest BCUT2D eigenvalue weighted by Crippen LogP contribution is -2.04. The topological polar surface area (TPSA) is 51.4 Å². The van der Waals surface area contributed by atoms with Crippen molar-refractivity contribution in [2.75, 3.05) is 5.75 Å². The zero-order valence-corrected chi connectivity index (χ0v) is 14.0. The van der Waals surface area contributed by atoms with Crippen LogP contribution in [0.4, 0.5) is 0 Å². The van der Waals surface area contributed by atoms with Crippen LogP contribution >= 0.6 is 23.2 Å². The van der Waals surface area contributed by atoms with E-state index in [0.717, 1.165) is 5.56 Å². The van der Waals surface area contributed by atoms with Gasteiger partial charge in [-0.3, -0.25) is 0 Å². The van der Waals surface area contributed by atoms with Gasteiger partial charge >= 0.3 is 0 Å². The van der Waals surface area contributed by atoms with E-state index in [9.17, 15) is 8.42 Å². The summed E-state index contributed by atoms with van der Waals surface area (Å²) in [5, 5.41) is 0.927. The first-order valence-corrected chi connectivity index (χ1v) is 8.98. The summed E-state index contributed by atoms with van der Waals surface area (Å²) in [5.41, 5.74) is 2.18. The third kappa shape index (κ3) is 2.72. The summed E-state index contributed by atoms with van der Waals surface area (Å²) in [6.07, 6.45) is 3.34. The minimum absolute atomic E-state index is 0.0624. The lowest BCUT2D eigenvalue weighted by molar-refractivity contribution is 0.596. The molecule has 0 saturated carbocycles. The number of hydrogen-bond donors (Lipinski definition) is 0. The van der Waals surface area contributed by atoms with Crippen LogP contribution in [0.15, 0.2) is 47.6 Å². The number of pyridine rings is 1. The highest BCUT2D eigenvalue weighted by atomic mass is 35.5. The highest BCUT2D eigenvalue weighted by Gasteiger charge is 2.13. The van der Waals surface area contributed by atoms with Gasteiger partial charge in [0.15, 0.2) is 9.84 Å². The van der Waals surface area contributed by atoms with Crippen LogP contribution < -0.4 is 0 Å². The van der Waals surface area contributed by atoms with Crippen LogP contribution in [0.5, 0.6) is 0 Å². The van der Waals surface area contributed by atoms with E-state index in [-0.39, 0.29) is 10.6 Å². The van der Waals surface area contributed by atoms with Crippen LogP contribution in [0.2, 0.25) is 10.0 Å². The molecule has 114 valence electrons. The predicted molar refractivity (Wildman–Crippen MR) is 88.4 cm³/mol. The molecule has 0 saturated heterocycles. The predicted octanol–water partition coefficient (Wildman–Crippen LogP) is 4.10. The van der Waals surface area contributed by atoms with E-state index >= 15 is 0 Å². The van der Waals surface area contributed by atoms with E-state index in [0.29, 0.717) is 21.4 Å². The number of fused-ring (bicyclic) bond motifs is 1. The molecule has 0 unspecified atom stereocenters. The van der Waals surface area contributed by atoms with Crippen LogP contribution in [-0.2, 0) is 9.84 Å². The standard InChI is InChI=1S/C15H12Cl2N2O2S/c1-2-22(20,21)11-4-6-15-18-14(9-19(15)8-11)10-3-5-12(16)13(17)7-10/h3-9H,2H2,1H3. The van der Waals surface area contributed by atoms with Gasteiger partial charge in [0.2, 0.25) is 0 Å². The fourth-order valence-corrected chi connectivity index (χ4v) is 3.30. The van der Waals surface area contributed by atoms with Gasteiger partial charge in [-0.05, 0) is 24.3 Å². The minimum atomic E-state index is -3.24. The summed E-state index contributed by atoms with van der Waals surface area (Å²) in [4.78, 5) is 4.75. The van der Waals surface area contributed by atoms with E-state index in [1.54, 1.807) is 48.0 Å². The van der Waals surface area contributed by atoms with E-state index in [2.05, 4.69) is 4.98 Å². The molecule has 0 spiro atoms. The number of nitrogens with zero attached hydrogens (tertiary/aromatic N) is 2. The molecule has 0 bridgehead atoms. The molecule has 3 rings (SSSR count). The van der Waals surface area contributed by atoms with Gasteiger partial charge in [-0.15, -0.1) is 0 Å². The molecule has 0 aliphatic rings. The SMILES string of the molecule is CCS(=O)(=O)c1ccc2nc(-c3ccc(Cl)c(Cl)c3)cn2c1. The zero-order valence-electron chi connectivity index (χ0n) is 11.6. The van der Waals surface area contributed by atoms with Crippen molar-refractivity contribution in [2.45, 2.75) is 11.8 Å². The molecule has 7 heteroatoms. The molecule has 4 nitrogen and oxygen atoms in total. The Balaban J connectivity index is 2.12. The number of benzene rings is 1. The number of hydrogen-bond acceptors (Lipinski definition) is 3. The highest BCUT2D eigenvalue weighted by molar-refractivity contribution is 7.91. The molecule has 0 N–H and O–H groups in total. The van der Waals surface area contributed by atoms with Crippen LogP contribution in [0, 0.1) is 0 Å². The molecule has 0 aliphatic carbocycles. The molecule has 2 aromatic heterocycles. The quantitative estimate of drug-likeness (QED) is 0.711. The normalized spacial score (nSPS) is 12.0. The number of imidazole rings is 1. The maximum Gasteiger partial charge on any atom is 0.179 e. The number of aromatic nitrogens is 2. The Morgan fingerprint density at radius 3 is 2.55 bits per heavy atom. The van der Waals surface area contributed by atoms with Crippen LogP contribution in [0.25, 0.3) is 16.9 Å². The minimum Gasteiger partial charge on any atom is -0.305 e. The average Bonchev–Trinajstić information content (AvgIpc) is 2.93. The Hall–Kier alpha value is -1.56. The van der Waals surface area contributed by atoms with Gasteiger partial charge in [-0.25, -0.2) is 13.4 Å². The van der Waals surface area contributed by atoms with Crippen molar-refractivity contribution in [3.63, 3.8) is 0 Å². The van der Waals surface area contributed by atoms with E-state index < -0.39 is 9.84 Å². The Morgan fingerprint density at radius 1 is 1.09 bits per heavy atom. The number of rotatable bonds is 3. The summed E-state index contributed by atoms with van der Waals surface area (Å²) in [7, 11) is -3.24. The smallest absolute Gasteiger partial charge is 0.179 e. The van der Waals surface area contributed by atoms with Crippen molar-refractivity contribution in [2.24, 2.45) is 0 Å². The summed E-state index contributed by atoms with van der Waals surface area (Å²) in [6, 6.07) is 8.51. The second-order valence-electron chi connectivity index (χ2n) is 4.79. The highest BCUT2D eigenvalue weighted by Crippen LogP contribution is 2.28. The molecule has 1 aromatic carbocycles. The third-order valence-corrected chi connectivity index (χ3v) is 5.84. The second kappa shape index (κ2) is 5.57. The lowest BCUT2D eigenvalue weighted by Gasteiger charge is -2.01. The average molecular weight is 355 g/mol. The monoisotopic (exact) mass is 354 g/mol. The molecule has 22 heavy (non-hydrogen) atoms. The molecule has 0 aliphatic heterocycles. The Labute approximate surface area is 138 Å². The summed E-state index contributed by atoms with van der Waals surface area (Å²) >= 11 is 11.9. The molecular weight excluding hydrogens is 343 g/mol. The fraction of sp³-hybridized carbons (Fsp3) is 0.133. The number of sulfone groups is 1. The molecule has 0 atom stereocenters. The van der Waals surface area contributed by atoms with E-state index in [4.69, 9.17) is 23.2 Å². The Kier molecular flexibility index (Phi) is 3.89. The van der Waals surface area contributed by atoms with Gasteiger partial charge in [0, 0.05) is 18.0 Å². The summed E-state index contributed by atoms with van der Waals surface area (Å²) < 4.78 is 25.6. The Bertz CT molecular complexity index is 965. The Morgan fingerprint density at radius 2 is 1.86 bits per heavy atom. The fourth-order valence-electron chi connectivity index (χ4n) is 2.12. The van der Waals surface area contributed by atoms with Crippen molar-refractivity contribution in [1.29, 1.82) is 0 Å². The van der Waals surface area contributed by atoms with Gasteiger partial charge < -0.3 is 4.40 Å². The molecular formula is C15H12Cl2N2O2S. The maximum atomic E-state index is 11.9. The lowest BCUT2D eigenvalue weighted by atomic mass is 10.2. The number of halogens is 2. The van der Waals surface area contributed by atoms with Gasteiger partial charge in [0.05, 0.1) is 26.4 Å². The van der Waals surface area contributed by atoms with Crippen LogP contribution in [-0.4, -0.2) is 23.6 Å². The van der Waals surface area contributed by atoms with Crippen LogP contribution in [0.3, 0.4) is 0 Å². The van der Waals surface area contributed by atoms with Crippen molar-refractivity contribution >= 4 is 38.7 Å². The summed E-state index contributed by atoms with van der Waals surface area (Å²) in [6.45, 7) is 1.62. The molecule has 3 aromatic rings. The van der Waals surface area contributed by atoms with E-state index in [1.807, 2.05) is 6.07 Å². The molecule has 0 amide bonds. The largest absolute Gasteiger partial charge is 0.305 e. The van der Waals surface area contributed by atoms with Gasteiger partial charge in [0.25, 0.3) is 0 Å². The van der Waals surface area contributed by atoms with Crippen LogP contribution in [0.1, 0.15) is 6.92 Å². The van der Waals surface area contributed by atoms with Gasteiger partial charge in [-0.1, -0.05) is 36.2 Å². The van der Waals surface area contributed by atoms with Crippen molar-refractivity contribution in [3.8, 4) is 11.3 Å². The first kappa shape index (κ1) is 15.3. The van der Waals surface area contributed by atoms with Crippen molar-refractivity contribution in [3.05, 3.63) is 52.8 Å². The summed E-state index contributed by atoms with van der Waals surface area (Å²) in [5.74, 6) is 0.0624. The van der Waals surface area contributed by atoms with E-state index in [1.165, 1.54) is 0 Å². The molecule has 2 heterocycles. The van der Waals surface area contributed by atoms with Crippen molar-refractivity contribution in [1.82, 2.24) is 9.38 Å².